The number of phenols is 7. The second-order valence-corrected chi connectivity index (χ2v) is 11.6. The minimum absolute atomic E-state index is 0.0443. The van der Waals surface area contributed by atoms with Crippen molar-refractivity contribution >= 4 is 30.0 Å². The monoisotopic (exact) mass is 718 g/mol. The number of hydrogen-bond acceptors (Lipinski definition) is 14. The van der Waals surface area contributed by atoms with Gasteiger partial charge in [0.25, 0.3) is 0 Å². The first-order valence-electron chi connectivity index (χ1n) is 15.2. The van der Waals surface area contributed by atoms with Crippen molar-refractivity contribution in [2.75, 3.05) is 0 Å². The molecule has 0 fully saturated rings. The van der Waals surface area contributed by atoms with Crippen LogP contribution in [-0.2, 0) is 41.5 Å². The van der Waals surface area contributed by atoms with Crippen molar-refractivity contribution < 1.29 is 79.3 Å². The number of carboxylic acids is 2. The number of hydrogen-bond donors (Lipinski definition) is 9. The van der Waals surface area contributed by atoms with Crippen molar-refractivity contribution in [3.8, 4) is 46.0 Å². The van der Waals surface area contributed by atoms with Crippen LogP contribution in [0.15, 0.2) is 72.8 Å². The molecule has 9 N–H and O–H groups in total. The zero-order chi connectivity index (χ0) is 37.9. The smallest absolute Gasteiger partial charge is 0.345 e. The third-order valence-electron chi connectivity index (χ3n) is 8.04. The highest BCUT2D eigenvalue weighted by molar-refractivity contribution is 5.92. The molecule has 0 bridgehead atoms. The summed E-state index contributed by atoms with van der Waals surface area (Å²) in [5.41, 5.74) is 0.445. The largest absolute Gasteiger partial charge is 0.504 e. The summed E-state index contributed by atoms with van der Waals surface area (Å²) in [6.07, 6.45) is -3.85. The van der Waals surface area contributed by atoms with Crippen LogP contribution in [0.2, 0.25) is 0 Å². The summed E-state index contributed by atoms with van der Waals surface area (Å²) in [5.74, 6) is -10.8. The Bertz CT molecular complexity index is 2090. The van der Waals surface area contributed by atoms with Gasteiger partial charge in [-0.1, -0.05) is 24.3 Å². The molecule has 4 aromatic rings. The number of carbonyl (C=O) groups is 4. The molecule has 1 aliphatic heterocycles. The summed E-state index contributed by atoms with van der Waals surface area (Å²) in [4.78, 5) is 50.9. The van der Waals surface area contributed by atoms with Gasteiger partial charge in [-0.25, -0.2) is 14.4 Å². The van der Waals surface area contributed by atoms with Crippen LogP contribution in [0.25, 0.3) is 6.08 Å². The molecule has 4 atom stereocenters. The number of aliphatic carboxylic acids is 2. The third-order valence-corrected chi connectivity index (χ3v) is 8.04. The summed E-state index contributed by atoms with van der Waals surface area (Å²) in [5, 5.41) is 89.1. The van der Waals surface area contributed by atoms with Crippen molar-refractivity contribution in [1.29, 1.82) is 0 Å². The van der Waals surface area contributed by atoms with Crippen molar-refractivity contribution in [2.24, 2.45) is 0 Å². The van der Waals surface area contributed by atoms with E-state index in [0.29, 0.717) is 0 Å². The number of aromatic hydroxyl groups is 7. The van der Waals surface area contributed by atoms with E-state index < -0.39 is 94.8 Å². The molecule has 1 unspecified atom stereocenters. The zero-order valence-corrected chi connectivity index (χ0v) is 26.6. The molecule has 1 aliphatic rings. The van der Waals surface area contributed by atoms with Crippen LogP contribution >= 0.6 is 0 Å². The maximum absolute atomic E-state index is 13.9. The Morgan fingerprint density at radius 3 is 1.65 bits per heavy atom. The first-order chi connectivity index (χ1) is 24.6. The SMILES string of the molecule is O=C(/C=C\c1ccc(O)c2c1[C@H](C(=O)O[C@H](Cc1ccc(O)c(O)c1)C(=O)O)C(c1ccc(O)c(O)c1)O2)O[C@H](Cc1ccc(O)c(O)c1)C(=O)O. The van der Waals surface area contributed by atoms with E-state index in [1.165, 1.54) is 24.3 Å². The molecule has 1 heterocycles. The predicted molar refractivity (Wildman–Crippen MR) is 175 cm³/mol. The zero-order valence-electron chi connectivity index (χ0n) is 26.6. The summed E-state index contributed by atoms with van der Waals surface area (Å²) in [6, 6.07) is 13.0. The van der Waals surface area contributed by atoms with E-state index in [1.54, 1.807) is 0 Å². The predicted octanol–water partition coefficient (Wildman–Crippen LogP) is 3.33. The number of carboxylic acid groups (broad SMARTS) is 2. The molecular weight excluding hydrogens is 688 g/mol. The molecule has 0 aliphatic carbocycles. The van der Waals surface area contributed by atoms with Crippen LogP contribution in [0.3, 0.4) is 0 Å². The number of phenolic OH excluding ortho intramolecular Hbond substituents is 7. The van der Waals surface area contributed by atoms with Gasteiger partial charge in [-0.3, -0.25) is 4.79 Å². The van der Waals surface area contributed by atoms with Crippen molar-refractivity contribution in [3.05, 3.63) is 101 Å². The van der Waals surface area contributed by atoms with Gasteiger partial charge in [0.05, 0.1) is 0 Å². The molecule has 16 heteroatoms. The van der Waals surface area contributed by atoms with Gasteiger partial charge in [0.1, 0.15) is 12.0 Å². The fourth-order valence-electron chi connectivity index (χ4n) is 5.49. The number of carbonyl (C=O) groups excluding carboxylic acids is 2. The highest BCUT2D eigenvalue weighted by Gasteiger charge is 2.46. The molecule has 0 saturated heterocycles. The lowest BCUT2D eigenvalue weighted by Crippen LogP contribution is -2.33. The highest BCUT2D eigenvalue weighted by Crippen LogP contribution is 2.53. The lowest BCUT2D eigenvalue weighted by atomic mass is 9.87. The van der Waals surface area contributed by atoms with Crippen LogP contribution in [-0.4, -0.2) is 82.0 Å². The van der Waals surface area contributed by atoms with E-state index in [1.807, 2.05) is 0 Å². The normalized spacial score (nSPS) is 16.0. The van der Waals surface area contributed by atoms with Gasteiger partial charge >= 0.3 is 23.9 Å². The summed E-state index contributed by atoms with van der Waals surface area (Å²) in [6.45, 7) is 0. The Hall–Kier alpha value is -7.10. The van der Waals surface area contributed by atoms with Crippen molar-refractivity contribution in [2.45, 2.75) is 37.1 Å². The van der Waals surface area contributed by atoms with Gasteiger partial charge in [-0.15, -0.1) is 0 Å². The Labute approximate surface area is 292 Å². The van der Waals surface area contributed by atoms with Gasteiger partial charge in [0.15, 0.2) is 46.0 Å². The number of fused-ring (bicyclic) bond motifs is 1. The fourth-order valence-corrected chi connectivity index (χ4v) is 5.49. The van der Waals surface area contributed by atoms with E-state index in [9.17, 15) is 65.1 Å². The second kappa shape index (κ2) is 14.8. The topological polar surface area (TPSA) is 278 Å². The first kappa shape index (κ1) is 36.2. The average Bonchev–Trinajstić information content (AvgIpc) is 3.50. The molecule has 0 amide bonds. The van der Waals surface area contributed by atoms with E-state index in [4.69, 9.17) is 14.2 Å². The minimum Gasteiger partial charge on any atom is -0.504 e. The number of rotatable bonds is 12. The number of benzene rings is 4. The molecular formula is C36H30O16. The van der Waals surface area contributed by atoms with Crippen molar-refractivity contribution in [1.82, 2.24) is 0 Å². The summed E-state index contributed by atoms with van der Waals surface area (Å²) in [7, 11) is 0. The summed E-state index contributed by atoms with van der Waals surface area (Å²) < 4.78 is 16.5. The summed E-state index contributed by atoms with van der Waals surface area (Å²) >= 11 is 0. The highest BCUT2D eigenvalue weighted by atomic mass is 16.6. The molecule has 0 aromatic heterocycles. The Kier molecular flexibility index (Phi) is 10.3. The molecule has 0 spiro atoms. The van der Waals surface area contributed by atoms with E-state index >= 15 is 0 Å². The quantitative estimate of drug-likeness (QED) is 0.0577. The van der Waals surface area contributed by atoms with Crippen LogP contribution in [0.1, 0.15) is 39.8 Å². The lowest BCUT2D eigenvalue weighted by Gasteiger charge is -2.22. The van der Waals surface area contributed by atoms with Gasteiger partial charge < -0.3 is 60.2 Å². The maximum atomic E-state index is 13.9. The molecule has 270 valence electrons. The molecule has 16 nitrogen and oxygen atoms in total. The number of esters is 2. The van der Waals surface area contributed by atoms with Crippen LogP contribution in [0.4, 0.5) is 0 Å². The van der Waals surface area contributed by atoms with Crippen LogP contribution in [0.5, 0.6) is 46.0 Å². The van der Waals surface area contributed by atoms with Gasteiger partial charge in [-0.05, 0) is 70.8 Å². The standard InChI is InChI=1S/C36H30O16/c37-20-6-1-16(11-24(20)41)13-27(34(45)46)50-29(44)10-5-18-3-9-23(40)33-30(18)31(32(52-33)19-4-8-22(39)26(43)15-19)36(49)51-28(35(47)48)14-17-2-7-21(38)25(42)12-17/h1-12,15,27-28,31-32,37-43H,13-14H2,(H,45,46)(H,47,48)/b10-5-/t27-,28-,31+,32?/m1/s1. The molecule has 0 radical (unpaired) electrons. The number of ether oxygens (including phenoxy) is 3. The van der Waals surface area contributed by atoms with E-state index in [0.717, 1.165) is 54.6 Å². The molecule has 52 heavy (non-hydrogen) atoms. The van der Waals surface area contributed by atoms with E-state index in [-0.39, 0.29) is 40.0 Å². The lowest BCUT2D eigenvalue weighted by molar-refractivity contribution is -0.166. The van der Waals surface area contributed by atoms with E-state index in [2.05, 4.69) is 0 Å². The Morgan fingerprint density at radius 2 is 1.13 bits per heavy atom. The second-order valence-electron chi connectivity index (χ2n) is 11.6. The maximum Gasteiger partial charge on any atom is 0.345 e. The van der Waals surface area contributed by atoms with Gasteiger partial charge in [0.2, 0.25) is 12.2 Å². The fraction of sp³-hybridized carbons (Fsp3) is 0.167. The molecule has 5 rings (SSSR count). The average molecular weight is 719 g/mol. The van der Waals surface area contributed by atoms with Crippen molar-refractivity contribution in [3.63, 3.8) is 0 Å². The Balaban J connectivity index is 1.47. The van der Waals surface area contributed by atoms with Crippen LogP contribution in [0, 0.1) is 0 Å². The van der Waals surface area contributed by atoms with Gasteiger partial charge in [-0.2, -0.15) is 0 Å². The minimum atomic E-state index is -1.84. The first-order valence-corrected chi connectivity index (χ1v) is 15.2. The molecule has 4 aromatic carbocycles. The Morgan fingerprint density at radius 1 is 0.635 bits per heavy atom. The van der Waals surface area contributed by atoms with Gasteiger partial charge in [0, 0.05) is 24.5 Å². The third kappa shape index (κ3) is 7.86. The molecule has 0 saturated carbocycles. The van der Waals surface area contributed by atoms with Crippen LogP contribution < -0.4 is 4.74 Å².